The highest BCUT2D eigenvalue weighted by molar-refractivity contribution is 14.0. The lowest BCUT2D eigenvalue weighted by Gasteiger charge is -2.08. The molecule has 4 nitrogen and oxygen atoms in total. The molecule has 1 aromatic carbocycles. The van der Waals surface area contributed by atoms with Crippen molar-refractivity contribution >= 4 is 40.9 Å². The zero-order valence-electron chi connectivity index (χ0n) is 12.0. The number of aliphatic imine (C=N–C) groups is 1. The summed E-state index contributed by atoms with van der Waals surface area (Å²) in [6.45, 7) is 6.58. The number of fused-ring (bicyclic) bond motifs is 1. The van der Waals surface area contributed by atoms with Crippen molar-refractivity contribution in [3.8, 4) is 0 Å². The largest absolute Gasteiger partial charge is 0.461 e. The fraction of sp³-hybridized carbons (Fsp3) is 0.400. The Morgan fingerprint density at radius 2 is 1.85 bits per heavy atom. The summed E-state index contributed by atoms with van der Waals surface area (Å²) in [6.07, 6.45) is 0.814. The van der Waals surface area contributed by atoms with Crippen molar-refractivity contribution in [2.45, 2.75) is 20.3 Å². The average Bonchev–Trinajstić information content (AvgIpc) is 2.82. The Balaban J connectivity index is 0.00000200. The standard InChI is InChI=1S/C15H21N3O.HI/c1-3-16-15(17-4-2)18-10-9-13-11-12-7-5-6-8-14(12)19-13;/h5-8,11H,3-4,9-10H2,1-2H3,(H2,16,17,18);1H. The van der Waals surface area contributed by atoms with Crippen LogP contribution in [0.3, 0.4) is 0 Å². The van der Waals surface area contributed by atoms with E-state index in [9.17, 15) is 0 Å². The molecule has 0 saturated heterocycles. The van der Waals surface area contributed by atoms with E-state index < -0.39 is 0 Å². The molecule has 0 aliphatic heterocycles. The van der Waals surface area contributed by atoms with Crippen molar-refractivity contribution in [2.24, 2.45) is 4.99 Å². The fourth-order valence-corrected chi connectivity index (χ4v) is 1.95. The summed E-state index contributed by atoms with van der Waals surface area (Å²) in [7, 11) is 0. The summed E-state index contributed by atoms with van der Waals surface area (Å²) in [6, 6.07) is 10.2. The minimum absolute atomic E-state index is 0. The second-order valence-corrected chi connectivity index (χ2v) is 4.29. The number of nitrogens with one attached hydrogen (secondary N) is 2. The second kappa shape index (κ2) is 8.84. The molecule has 1 aromatic heterocycles. The van der Waals surface area contributed by atoms with E-state index in [4.69, 9.17) is 4.42 Å². The third kappa shape index (κ3) is 4.70. The first kappa shape index (κ1) is 16.8. The van der Waals surface area contributed by atoms with E-state index in [2.05, 4.69) is 41.6 Å². The van der Waals surface area contributed by atoms with Crippen LogP contribution in [-0.2, 0) is 6.42 Å². The highest BCUT2D eigenvalue weighted by Gasteiger charge is 2.02. The van der Waals surface area contributed by atoms with Crippen molar-refractivity contribution < 1.29 is 4.42 Å². The monoisotopic (exact) mass is 387 g/mol. The van der Waals surface area contributed by atoms with E-state index in [1.165, 1.54) is 0 Å². The molecule has 0 amide bonds. The van der Waals surface area contributed by atoms with Crippen LogP contribution in [0.4, 0.5) is 0 Å². The maximum absolute atomic E-state index is 5.76. The van der Waals surface area contributed by atoms with Crippen LogP contribution < -0.4 is 10.6 Å². The first-order valence-electron chi connectivity index (χ1n) is 6.83. The molecule has 0 aliphatic carbocycles. The van der Waals surface area contributed by atoms with Crippen LogP contribution in [0.1, 0.15) is 19.6 Å². The van der Waals surface area contributed by atoms with Crippen LogP contribution in [0, 0.1) is 0 Å². The summed E-state index contributed by atoms with van der Waals surface area (Å²) >= 11 is 0. The van der Waals surface area contributed by atoms with Gasteiger partial charge >= 0.3 is 0 Å². The van der Waals surface area contributed by atoms with Crippen molar-refractivity contribution in [1.82, 2.24) is 10.6 Å². The normalized spacial score (nSPS) is 9.90. The van der Waals surface area contributed by atoms with E-state index in [-0.39, 0.29) is 24.0 Å². The number of furan rings is 1. The summed E-state index contributed by atoms with van der Waals surface area (Å²) in [5.41, 5.74) is 0.945. The maximum atomic E-state index is 5.76. The number of para-hydroxylation sites is 1. The lowest BCUT2D eigenvalue weighted by molar-refractivity contribution is 0.550. The summed E-state index contributed by atoms with van der Waals surface area (Å²) in [5.74, 6) is 1.85. The van der Waals surface area contributed by atoms with Gasteiger partial charge in [0.25, 0.3) is 0 Å². The number of rotatable bonds is 5. The molecule has 0 atom stereocenters. The Kier molecular flexibility index (Phi) is 7.43. The molecule has 0 unspecified atom stereocenters. The first-order valence-corrected chi connectivity index (χ1v) is 6.83. The number of guanidine groups is 1. The predicted molar refractivity (Wildman–Crippen MR) is 95.0 cm³/mol. The molecule has 0 bridgehead atoms. The van der Waals surface area contributed by atoms with Gasteiger partial charge in [0.15, 0.2) is 5.96 Å². The Bertz CT molecular complexity index is 510. The van der Waals surface area contributed by atoms with Crippen LogP contribution in [0.5, 0.6) is 0 Å². The third-order valence-electron chi connectivity index (χ3n) is 2.79. The van der Waals surface area contributed by atoms with Crippen molar-refractivity contribution in [1.29, 1.82) is 0 Å². The molecule has 0 fully saturated rings. The molecule has 0 spiro atoms. The molecule has 1 heterocycles. The molecule has 110 valence electrons. The van der Waals surface area contributed by atoms with Crippen LogP contribution in [0.15, 0.2) is 39.7 Å². The van der Waals surface area contributed by atoms with Gasteiger partial charge in [-0.05, 0) is 26.0 Å². The van der Waals surface area contributed by atoms with Crippen LogP contribution in [-0.4, -0.2) is 25.6 Å². The smallest absolute Gasteiger partial charge is 0.191 e. The molecule has 0 radical (unpaired) electrons. The molecule has 2 aromatic rings. The molecule has 5 heteroatoms. The van der Waals surface area contributed by atoms with E-state index in [1.807, 2.05) is 18.2 Å². The molecule has 2 rings (SSSR count). The average molecular weight is 387 g/mol. The summed E-state index contributed by atoms with van der Waals surface area (Å²) in [4.78, 5) is 4.50. The van der Waals surface area contributed by atoms with Crippen LogP contribution >= 0.6 is 24.0 Å². The van der Waals surface area contributed by atoms with Crippen molar-refractivity contribution in [2.75, 3.05) is 19.6 Å². The fourth-order valence-electron chi connectivity index (χ4n) is 1.95. The molecule has 20 heavy (non-hydrogen) atoms. The van der Waals surface area contributed by atoms with Gasteiger partial charge in [-0.1, -0.05) is 18.2 Å². The lowest BCUT2D eigenvalue weighted by Crippen LogP contribution is -2.37. The van der Waals surface area contributed by atoms with Gasteiger partial charge in [0, 0.05) is 31.4 Å². The number of nitrogens with zero attached hydrogens (tertiary/aromatic N) is 1. The maximum Gasteiger partial charge on any atom is 0.191 e. The number of halogens is 1. The number of hydrogen-bond donors (Lipinski definition) is 2. The highest BCUT2D eigenvalue weighted by atomic mass is 127. The Morgan fingerprint density at radius 3 is 2.50 bits per heavy atom. The van der Waals surface area contributed by atoms with E-state index >= 15 is 0 Å². The zero-order chi connectivity index (χ0) is 13.5. The van der Waals surface area contributed by atoms with Gasteiger partial charge in [0.2, 0.25) is 0 Å². The Labute approximate surface area is 137 Å². The van der Waals surface area contributed by atoms with Gasteiger partial charge < -0.3 is 15.1 Å². The van der Waals surface area contributed by atoms with Gasteiger partial charge in [-0.25, -0.2) is 0 Å². The molecule has 0 aliphatic rings. The van der Waals surface area contributed by atoms with E-state index in [1.54, 1.807) is 0 Å². The molecule has 2 N–H and O–H groups in total. The van der Waals surface area contributed by atoms with E-state index in [0.717, 1.165) is 48.7 Å². The number of benzene rings is 1. The highest BCUT2D eigenvalue weighted by Crippen LogP contribution is 2.18. The predicted octanol–water partition coefficient (Wildman–Crippen LogP) is 3.17. The third-order valence-corrected chi connectivity index (χ3v) is 2.79. The molecule has 0 saturated carbocycles. The SMILES string of the molecule is CCNC(=NCCc1cc2ccccc2o1)NCC.I. The van der Waals surface area contributed by atoms with E-state index in [0.29, 0.717) is 0 Å². The quantitative estimate of drug-likeness (QED) is 0.471. The zero-order valence-corrected chi connectivity index (χ0v) is 14.3. The summed E-state index contributed by atoms with van der Waals surface area (Å²) in [5, 5.41) is 7.56. The molecular weight excluding hydrogens is 365 g/mol. The minimum Gasteiger partial charge on any atom is -0.461 e. The van der Waals surface area contributed by atoms with Gasteiger partial charge in [0.05, 0.1) is 0 Å². The second-order valence-electron chi connectivity index (χ2n) is 4.29. The van der Waals surface area contributed by atoms with Crippen molar-refractivity contribution in [3.63, 3.8) is 0 Å². The summed E-state index contributed by atoms with van der Waals surface area (Å²) < 4.78 is 5.76. The van der Waals surface area contributed by atoms with Gasteiger partial charge in [-0.3, -0.25) is 4.99 Å². The van der Waals surface area contributed by atoms with Gasteiger partial charge in [-0.2, -0.15) is 0 Å². The van der Waals surface area contributed by atoms with Crippen LogP contribution in [0.2, 0.25) is 0 Å². The van der Waals surface area contributed by atoms with Gasteiger partial charge in [0.1, 0.15) is 11.3 Å². The van der Waals surface area contributed by atoms with Gasteiger partial charge in [-0.15, -0.1) is 24.0 Å². The van der Waals surface area contributed by atoms with Crippen molar-refractivity contribution in [3.05, 3.63) is 36.1 Å². The minimum atomic E-state index is 0. The first-order chi connectivity index (χ1) is 9.33. The molecular formula is C15H22IN3O. The Morgan fingerprint density at radius 1 is 1.15 bits per heavy atom. The Hall–Kier alpha value is -1.24. The number of hydrogen-bond acceptors (Lipinski definition) is 2. The topological polar surface area (TPSA) is 49.6 Å². The lowest BCUT2D eigenvalue weighted by atomic mass is 10.2. The van der Waals surface area contributed by atoms with Crippen LogP contribution in [0.25, 0.3) is 11.0 Å².